The molecule has 9 rings (SSSR count). The van der Waals surface area contributed by atoms with Crippen LogP contribution in [0.15, 0.2) is 134 Å². The molecule has 0 saturated heterocycles. The highest BCUT2D eigenvalue weighted by Crippen LogP contribution is 2.38. The number of H-pyrrole nitrogens is 2. The summed E-state index contributed by atoms with van der Waals surface area (Å²) in [6.45, 7) is 0. The molecule has 218 valence electrons. The minimum atomic E-state index is 0.0867. The highest BCUT2D eigenvalue weighted by Gasteiger charge is 2.22. The molecule has 8 bridgehead atoms. The lowest BCUT2D eigenvalue weighted by Gasteiger charge is -2.09. The molecule has 0 spiro atoms. The first-order chi connectivity index (χ1) is 22.8. The van der Waals surface area contributed by atoms with Crippen LogP contribution in [0.25, 0.3) is 68.6 Å². The van der Waals surface area contributed by atoms with Crippen LogP contribution in [0, 0.1) is 0 Å². The molecule has 5 aromatic rings. The molecule has 2 N–H and O–H groups in total. The third-order valence-electron chi connectivity index (χ3n) is 9.12. The van der Waals surface area contributed by atoms with Crippen molar-refractivity contribution in [2.24, 2.45) is 0 Å². The van der Waals surface area contributed by atoms with E-state index in [2.05, 4.69) is 168 Å². The molecule has 2 aliphatic heterocycles. The van der Waals surface area contributed by atoms with Gasteiger partial charge < -0.3 is 9.97 Å². The van der Waals surface area contributed by atoms with E-state index in [4.69, 9.17) is 9.97 Å². The van der Waals surface area contributed by atoms with Gasteiger partial charge in [0.2, 0.25) is 0 Å². The van der Waals surface area contributed by atoms with Crippen LogP contribution in [0.4, 0.5) is 0 Å². The Balaban J connectivity index is 1.46. The van der Waals surface area contributed by atoms with Crippen LogP contribution in [0.2, 0.25) is 0 Å². The molecule has 4 heteroatoms. The number of benzene rings is 2. The summed E-state index contributed by atoms with van der Waals surface area (Å²) in [5.74, 6) is 0.220. The van der Waals surface area contributed by atoms with Crippen LogP contribution < -0.4 is 0 Å². The zero-order chi connectivity index (χ0) is 30.5. The maximum atomic E-state index is 5.33. The molecule has 3 aromatic heterocycles. The van der Waals surface area contributed by atoms with E-state index in [0.717, 1.165) is 72.7 Å². The summed E-state index contributed by atoms with van der Waals surface area (Å²) in [6.07, 6.45) is 26.0. The SMILES string of the molecule is C1=CC(c2c3nc(c(-c4ccccc4)c4ccc([nH]4)c(C4C=CC=C4)c4ccc([nH]4)c(-c4ccccc4)c4nc2C=C4)C=C3)C=C1. The molecule has 2 aliphatic carbocycles. The Morgan fingerprint density at radius 2 is 0.783 bits per heavy atom. The molecule has 0 amide bonds. The highest BCUT2D eigenvalue weighted by atomic mass is 14.8. The molecule has 5 heterocycles. The number of aromatic amines is 2. The lowest BCUT2D eigenvalue weighted by Crippen LogP contribution is -1.98. The molecule has 0 unspecified atom stereocenters. The van der Waals surface area contributed by atoms with Gasteiger partial charge in [-0.15, -0.1) is 0 Å². The Hall–Kier alpha value is -6.00. The fourth-order valence-corrected chi connectivity index (χ4v) is 7.02. The second-order valence-electron chi connectivity index (χ2n) is 11.9. The van der Waals surface area contributed by atoms with Gasteiger partial charge in [-0.1, -0.05) is 109 Å². The Morgan fingerprint density at radius 3 is 1.24 bits per heavy atom. The number of nitrogens with zero attached hydrogens (tertiary/aromatic N) is 2. The third-order valence-corrected chi connectivity index (χ3v) is 9.12. The van der Waals surface area contributed by atoms with Crippen molar-refractivity contribution in [1.29, 1.82) is 0 Å². The van der Waals surface area contributed by atoms with Gasteiger partial charge >= 0.3 is 0 Å². The van der Waals surface area contributed by atoms with Gasteiger partial charge in [-0.25, -0.2) is 9.97 Å². The Kier molecular flexibility index (Phi) is 6.24. The van der Waals surface area contributed by atoms with Gasteiger partial charge in [0.25, 0.3) is 0 Å². The first-order valence-electron chi connectivity index (χ1n) is 15.8. The van der Waals surface area contributed by atoms with Crippen LogP contribution in [0.3, 0.4) is 0 Å². The van der Waals surface area contributed by atoms with Gasteiger partial charge in [-0.3, -0.25) is 0 Å². The molecule has 46 heavy (non-hydrogen) atoms. The van der Waals surface area contributed by atoms with Gasteiger partial charge in [0, 0.05) is 56.2 Å². The van der Waals surface area contributed by atoms with Crippen LogP contribution in [-0.2, 0) is 0 Å². The Morgan fingerprint density at radius 1 is 0.391 bits per heavy atom. The minimum Gasteiger partial charge on any atom is -0.355 e. The smallest absolute Gasteiger partial charge is 0.0737 e. The number of hydrogen-bond acceptors (Lipinski definition) is 2. The van der Waals surface area contributed by atoms with Crippen molar-refractivity contribution in [2.45, 2.75) is 11.8 Å². The lowest BCUT2D eigenvalue weighted by atomic mass is 9.97. The van der Waals surface area contributed by atoms with E-state index in [9.17, 15) is 0 Å². The summed E-state index contributed by atoms with van der Waals surface area (Å²) in [6, 6.07) is 29.9. The molecular formula is C42H30N4. The molecule has 4 nitrogen and oxygen atoms in total. The van der Waals surface area contributed by atoms with Gasteiger partial charge in [-0.05, 0) is 59.7 Å². The summed E-state index contributed by atoms with van der Waals surface area (Å²) in [5.41, 5.74) is 14.6. The highest BCUT2D eigenvalue weighted by molar-refractivity contribution is 5.94. The van der Waals surface area contributed by atoms with Crippen molar-refractivity contribution in [3.05, 3.63) is 167 Å². The van der Waals surface area contributed by atoms with E-state index >= 15 is 0 Å². The number of fused-ring (bicyclic) bond motifs is 8. The molecule has 0 saturated carbocycles. The van der Waals surface area contributed by atoms with Gasteiger partial charge in [0.05, 0.1) is 22.8 Å². The Labute approximate surface area is 267 Å². The van der Waals surface area contributed by atoms with Crippen molar-refractivity contribution >= 4 is 46.4 Å². The molecule has 0 fully saturated rings. The second-order valence-corrected chi connectivity index (χ2v) is 11.9. The number of rotatable bonds is 4. The van der Waals surface area contributed by atoms with Gasteiger partial charge in [0.1, 0.15) is 0 Å². The van der Waals surface area contributed by atoms with Crippen molar-refractivity contribution < 1.29 is 0 Å². The monoisotopic (exact) mass is 590 g/mol. The number of aromatic nitrogens is 4. The van der Waals surface area contributed by atoms with Crippen LogP contribution >= 0.6 is 0 Å². The molecular weight excluding hydrogens is 560 g/mol. The van der Waals surface area contributed by atoms with E-state index in [1.807, 2.05) is 0 Å². The first-order valence-corrected chi connectivity index (χ1v) is 15.8. The topological polar surface area (TPSA) is 57.4 Å². The first kappa shape index (κ1) is 26.4. The molecule has 0 atom stereocenters. The average molecular weight is 591 g/mol. The van der Waals surface area contributed by atoms with E-state index < -0.39 is 0 Å². The maximum Gasteiger partial charge on any atom is 0.0737 e. The van der Waals surface area contributed by atoms with Crippen LogP contribution in [0.1, 0.15) is 45.7 Å². The van der Waals surface area contributed by atoms with Crippen LogP contribution in [0.5, 0.6) is 0 Å². The van der Waals surface area contributed by atoms with Gasteiger partial charge in [0.15, 0.2) is 0 Å². The second kappa shape index (κ2) is 10.9. The molecule has 4 aliphatic rings. The Bertz CT molecular complexity index is 2200. The van der Waals surface area contributed by atoms with Crippen molar-refractivity contribution in [3.8, 4) is 22.3 Å². The predicted octanol–water partition coefficient (Wildman–Crippen LogP) is 10.4. The zero-order valence-corrected chi connectivity index (χ0v) is 25.1. The lowest BCUT2D eigenvalue weighted by molar-refractivity contribution is 1.05. The number of hydrogen-bond donors (Lipinski definition) is 2. The van der Waals surface area contributed by atoms with Crippen LogP contribution in [-0.4, -0.2) is 19.9 Å². The zero-order valence-electron chi connectivity index (χ0n) is 25.1. The largest absolute Gasteiger partial charge is 0.355 e. The van der Waals surface area contributed by atoms with E-state index in [1.54, 1.807) is 0 Å². The van der Waals surface area contributed by atoms with E-state index in [1.165, 1.54) is 5.56 Å². The quantitative estimate of drug-likeness (QED) is 0.214. The number of allylic oxidation sites excluding steroid dienone is 8. The fourth-order valence-electron chi connectivity index (χ4n) is 7.02. The van der Waals surface area contributed by atoms with E-state index in [0.29, 0.717) is 0 Å². The molecule has 0 radical (unpaired) electrons. The number of nitrogens with one attached hydrogen (secondary N) is 2. The average Bonchev–Trinajstić information content (AvgIpc) is 3.93. The normalized spacial score (nSPS) is 15.1. The standard InChI is InChI=1S/C42H30N4/c1-3-11-27(12-4-1)39-31-19-23-35(43-31)41(29-15-7-8-16-29)37-25-21-33(45-37)40(28-13-5-2-6-14-28)34-22-26-38(46-34)42(30-17-9-10-18-30)36-24-20-32(39)44-36/h1-26,29-30,43,45H. The summed E-state index contributed by atoms with van der Waals surface area (Å²) >= 11 is 0. The molecule has 2 aromatic carbocycles. The summed E-state index contributed by atoms with van der Waals surface area (Å²) < 4.78 is 0. The maximum absolute atomic E-state index is 5.33. The van der Waals surface area contributed by atoms with Crippen molar-refractivity contribution in [1.82, 2.24) is 19.9 Å². The summed E-state index contributed by atoms with van der Waals surface area (Å²) in [7, 11) is 0. The summed E-state index contributed by atoms with van der Waals surface area (Å²) in [5, 5.41) is 0. The predicted molar refractivity (Wildman–Crippen MR) is 192 cm³/mol. The van der Waals surface area contributed by atoms with Crippen molar-refractivity contribution in [2.75, 3.05) is 0 Å². The fraction of sp³-hybridized carbons (Fsp3) is 0.0476. The van der Waals surface area contributed by atoms with E-state index in [-0.39, 0.29) is 11.8 Å². The minimum absolute atomic E-state index is 0.0867. The van der Waals surface area contributed by atoms with Gasteiger partial charge in [-0.2, -0.15) is 0 Å². The summed E-state index contributed by atoms with van der Waals surface area (Å²) in [4.78, 5) is 18.3. The third kappa shape index (κ3) is 4.46. The van der Waals surface area contributed by atoms with Crippen molar-refractivity contribution in [3.63, 3.8) is 0 Å².